The monoisotopic (exact) mass is 884 g/mol. The first-order chi connectivity index (χ1) is 30.3. The third-order valence-electron chi connectivity index (χ3n) is 13.4. The van der Waals surface area contributed by atoms with Crippen LogP contribution in [0.25, 0.3) is 33.4 Å². The molecule has 3 fully saturated rings. The van der Waals surface area contributed by atoms with E-state index in [1.165, 1.54) is 16.3 Å². The lowest BCUT2D eigenvalue weighted by atomic mass is 9.84. The Hall–Kier alpha value is -4.45. The predicted molar refractivity (Wildman–Crippen MR) is 243 cm³/mol. The summed E-state index contributed by atoms with van der Waals surface area (Å²) in [5.74, 6) is -1.27. The van der Waals surface area contributed by atoms with Crippen molar-refractivity contribution in [2.75, 3.05) is 85.8 Å². The van der Waals surface area contributed by atoms with Crippen LogP contribution in [0.4, 0.5) is 5.69 Å². The van der Waals surface area contributed by atoms with Crippen molar-refractivity contribution in [1.29, 1.82) is 0 Å². The Morgan fingerprint density at radius 3 is 2.51 bits per heavy atom. The number of hydrogen-bond acceptors (Lipinski definition) is 13. The topological polar surface area (TPSA) is 153 Å². The first-order valence-electron chi connectivity index (χ1n) is 22.4. The highest BCUT2D eigenvalue weighted by Gasteiger charge is 2.55. The van der Waals surface area contributed by atoms with Crippen LogP contribution >= 0.6 is 11.3 Å². The standard InChI is InChI=1S/C47H64N8O7S/c1-9-54-39-13-12-29-19-31(39)33(43(54)32-20-30(23-48-42(32)28(2)61-8)53-17-15-52(5)16-18-53)22-47(3,4)27-62-46(58)36-11-10-14-55(51-36)45(57)37(21-40-49-38(29)26-63-40)50-44(56)41-34(24-59-6)35(41)25-60-7/h12-13,19-20,23,26,28,34-37,41,51H,9-11,14-18,21-22,24-25,27H2,1-8H3,(H,50,56)/t28-,34-,35+,36-,37-,41+/m0/s1. The molecule has 0 radical (unpaired) electrons. The molecule has 1 aromatic carbocycles. The van der Waals surface area contributed by atoms with E-state index >= 15 is 0 Å². The number of thiazole rings is 1. The molecule has 4 aliphatic rings. The third kappa shape index (κ3) is 9.39. The zero-order chi connectivity index (χ0) is 44.6. The molecule has 2 N–H and O–H groups in total. The maximum Gasteiger partial charge on any atom is 0.324 e. The van der Waals surface area contributed by atoms with Crippen molar-refractivity contribution in [3.8, 4) is 22.5 Å². The predicted octanol–water partition coefficient (Wildman–Crippen LogP) is 5.11. The number of nitrogens with zero attached hydrogens (tertiary/aromatic N) is 6. The molecule has 0 unspecified atom stereocenters. The van der Waals surface area contributed by atoms with Crippen molar-refractivity contribution < 1.29 is 33.3 Å². The molecule has 1 saturated carbocycles. The van der Waals surface area contributed by atoms with Crippen LogP contribution in [0, 0.1) is 23.2 Å². The van der Waals surface area contributed by atoms with Crippen molar-refractivity contribution in [1.82, 2.24) is 35.2 Å². The average Bonchev–Trinajstić information content (AvgIpc) is 3.59. The van der Waals surface area contributed by atoms with Gasteiger partial charge >= 0.3 is 5.97 Å². The molecular formula is C47H64N8O7S. The highest BCUT2D eigenvalue weighted by atomic mass is 32.1. The molecule has 3 aliphatic heterocycles. The van der Waals surface area contributed by atoms with Crippen molar-refractivity contribution in [2.45, 2.75) is 78.1 Å². The van der Waals surface area contributed by atoms with Gasteiger partial charge in [-0.15, -0.1) is 11.3 Å². The van der Waals surface area contributed by atoms with Gasteiger partial charge in [0, 0.05) is 106 Å². The molecule has 3 aromatic heterocycles. The normalized spacial score (nSPS) is 24.9. The van der Waals surface area contributed by atoms with Crippen LogP contribution in [-0.2, 0) is 52.7 Å². The molecule has 2 amide bonds. The number of pyridine rings is 1. The largest absolute Gasteiger partial charge is 0.464 e. The summed E-state index contributed by atoms with van der Waals surface area (Å²) in [6.07, 6.45) is 3.63. The number of methoxy groups -OCH3 is 3. The minimum atomic E-state index is -0.919. The SMILES string of the molecule is CCn1c(-c2cc(N3CCN(C)CC3)cnc2[C@H](C)OC)c2c3cc(ccc31)-c1csc(n1)C[C@H](NC(=O)[C@H]1[C@H](COC)[C@@H]1COC)C(=O)N1CCC[C@H](N1)C(=O)OCC(C)(C)C2. The molecule has 16 heteroatoms. The van der Waals surface area contributed by atoms with Gasteiger partial charge in [-0.05, 0) is 75.8 Å². The molecule has 6 atom stereocenters. The number of piperazine rings is 1. The van der Waals surface area contributed by atoms with E-state index in [0.29, 0.717) is 50.6 Å². The Kier molecular flexibility index (Phi) is 13.6. The van der Waals surface area contributed by atoms with Crippen molar-refractivity contribution >= 4 is 45.7 Å². The van der Waals surface area contributed by atoms with Crippen LogP contribution in [0.15, 0.2) is 35.8 Å². The summed E-state index contributed by atoms with van der Waals surface area (Å²) in [6.45, 7) is 14.4. The summed E-state index contributed by atoms with van der Waals surface area (Å²) in [7, 11) is 7.13. The zero-order valence-corrected chi connectivity index (χ0v) is 38.9. The molecular weight excluding hydrogens is 821 g/mol. The Morgan fingerprint density at radius 2 is 1.81 bits per heavy atom. The minimum Gasteiger partial charge on any atom is -0.464 e. The van der Waals surface area contributed by atoms with E-state index < -0.39 is 23.5 Å². The number of nitrogens with one attached hydrogen (secondary N) is 2. The van der Waals surface area contributed by atoms with Crippen LogP contribution < -0.4 is 15.6 Å². The molecule has 1 aliphatic carbocycles. The molecule has 6 heterocycles. The van der Waals surface area contributed by atoms with E-state index in [0.717, 1.165) is 76.5 Å². The lowest BCUT2D eigenvalue weighted by Crippen LogP contribution is -2.60. The van der Waals surface area contributed by atoms with Crippen LogP contribution in [0.2, 0.25) is 0 Å². The number of hydrazine groups is 1. The molecule has 15 nitrogen and oxygen atoms in total. The second kappa shape index (κ2) is 18.9. The quantitative estimate of drug-likeness (QED) is 0.193. The van der Waals surface area contributed by atoms with E-state index in [2.05, 4.69) is 77.2 Å². The van der Waals surface area contributed by atoms with E-state index in [-0.39, 0.29) is 48.7 Å². The molecule has 6 bridgehead atoms. The van der Waals surface area contributed by atoms with E-state index in [1.54, 1.807) is 21.3 Å². The van der Waals surface area contributed by atoms with Gasteiger partial charge in [0.15, 0.2) is 0 Å². The lowest BCUT2D eigenvalue weighted by Gasteiger charge is -2.35. The molecule has 4 aromatic rings. The number of esters is 1. The molecule has 340 valence electrons. The number of fused-ring (bicyclic) bond motifs is 6. The third-order valence-corrected chi connectivity index (χ3v) is 14.3. The number of hydrogen-bond donors (Lipinski definition) is 2. The average molecular weight is 885 g/mol. The molecule has 0 spiro atoms. The van der Waals surface area contributed by atoms with Crippen LogP contribution in [-0.4, -0.2) is 135 Å². The van der Waals surface area contributed by atoms with Gasteiger partial charge in [0.1, 0.15) is 12.1 Å². The van der Waals surface area contributed by atoms with Crippen LogP contribution in [0.3, 0.4) is 0 Å². The Labute approximate surface area is 374 Å². The van der Waals surface area contributed by atoms with Gasteiger partial charge in [-0.2, -0.15) is 0 Å². The Bertz CT molecular complexity index is 2290. The number of ether oxygens (including phenoxy) is 4. The van der Waals surface area contributed by atoms with Crippen molar-refractivity contribution in [3.05, 3.63) is 52.1 Å². The van der Waals surface area contributed by atoms with Gasteiger partial charge in [-0.25, -0.2) is 10.4 Å². The fourth-order valence-corrected chi connectivity index (χ4v) is 10.6. The minimum absolute atomic E-state index is 0.00210. The summed E-state index contributed by atoms with van der Waals surface area (Å²) in [5, 5.41) is 8.41. The van der Waals surface area contributed by atoms with E-state index in [1.807, 2.05) is 18.5 Å². The number of likely N-dealkylation sites (N-methyl/N-ethyl adjacent to an activating group) is 1. The van der Waals surface area contributed by atoms with Gasteiger partial charge < -0.3 is 38.6 Å². The van der Waals surface area contributed by atoms with Crippen molar-refractivity contribution in [2.24, 2.45) is 23.2 Å². The van der Waals surface area contributed by atoms with Crippen LogP contribution in [0.5, 0.6) is 0 Å². The first-order valence-corrected chi connectivity index (χ1v) is 23.3. The Morgan fingerprint density at radius 1 is 1.06 bits per heavy atom. The zero-order valence-electron chi connectivity index (χ0n) is 38.1. The van der Waals surface area contributed by atoms with Gasteiger partial charge in [-0.3, -0.25) is 24.4 Å². The maximum atomic E-state index is 14.4. The molecule has 8 rings (SSSR count). The van der Waals surface area contributed by atoms with E-state index in [9.17, 15) is 14.4 Å². The van der Waals surface area contributed by atoms with Gasteiger partial charge in [0.25, 0.3) is 5.91 Å². The number of amides is 2. The summed E-state index contributed by atoms with van der Waals surface area (Å²) in [4.78, 5) is 57.2. The smallest absolute Gasteiger partial charge is 0.324 e. The number of aryl methyl sites for hydroxylation is 1. The number of benzene rings is 1. The fraction of sp³-hybridized carbons (Fsp3) is 0.596. The highest BCUT2D eigenvalue weighted by molar-refractivity contribution is 7.10. The number of aromatic nitrogens is 3. The highest BCUT2D eigenvalue weighted by Crippen LogP contribution is 2.47. The second-order valence-electron chi connectivity index (χ2n) is 18.5. The number of rotatable bonds is 11. The lowest BCUT2D eigenvalue weighted by molar-refractivity contribution is -0.155. The fourth-order valence-electron chi connectivity index (χ4n) is 9.78. The summed E-state index contributed by atoms with van der Waals surface area (Å²) in [6, 6.07) is 7.18. The number of cyclic esters (lactones) is 1. The number of carbonyl (C=O) groups excluding carboxylic acids is 3. The Balaban J connectivity index is 1.23. The number of anilines is 1. The van der Waals surface area contributed by atoms with Crippen LogP contribution in [0.1, 0.15) is 62.9 Å². The molecule has 63 heavy (non-hydrogen) atoms. The summed E-state index contributed by atoms with van der Waals surface area (Å²) in [5.41, 5.74) is 10.7. The first kappa shape index (κ1) is 45.1. The van der Waals surface area contributed by atoms with Gasteiger partial charge in [0.2, 0.25) is 5.91 Å². The van der Waals surface area contributed by atoms with Gasteiger partial charge in [-0.1, -0.05) is 19.9 Å². The summed E-state index contributed by atoms with van der Waals surface area (Å²) < 4.78 is 25.4. The van der Waals surface area contributed by atoms with Gasteiger partial charge in [0.05, 0.1) is 59.9 Å². The van der Waals surface area contributed by atoms with E-state index in [4.69, 9.17) is 28.9 Å². The number of carbonyl (C=O) groups is 3. The summed E-state index contributed by atoms with van der Waals surface area (Å²) >= 11 is 1.47. The maximum absolute atomic E-state index is 14.4. The molecule has 2 saturated heterocycles. The second-order valence-corrected chi connectivity index (χ2v) is 19.5. The van der Waals surface area contributed by atoms with Crippen molar-refractivity contribution in [3.63, 3.8) is 0 Å².